The van der Waals surface area contributed by atoms with Crippen molar-refractivity contribution < 1.29 is 45.0 Å². The molecule has 0 radical (unpaired) electrons. The smallest absolute Gasteiger partial charge is 0.232 e. The van der Waals surface area contributed by atoms with Crippen LogP contribution < -0.4 is 0 Å². The lowest BCUT2D eigenvalue weighted by Crippen LogP contribution is -2.51. The molecule has 1 aromatic carbocycles. The average Bonchev–Trinajstić information content (AvgIpc) is 2.56. The third kappa shape index (κ3) is 2.04. The molecule has 25 heavy (non-hydrogen) atoms. The number of hydrogen-bond donors (Lipinski definition) is 6. The molecule has 0 bridgehead atoms. The molecule has 4 atom stereocenters. The van der Waals surface area contributed by atoms with Gasteiger partial charge in [0.05, 0.1) is 18.2 Å². The van der Waals surface area contributed by atoms with Crippen LogP contribution in [0.2, 0.25) is 0 Å². The summed E-state index contributed by atoms with van der Waals surface area (Å²) in [6.45, 7) is 1.01. The normalized spacial score (nSPS) is 31.3. The van der Waals surface area contributed by atoms with E-state index in [-0.39, 0.29) is 5.76 Å². The molecule has 2 aliphatic carbocycles. The van der Waals surface area contributed by atoms with E-state index in [1.807, 2.05) is 0 Å². The van der Waals surface area contributed by atoms with E-state index in [9.17, 15) is 40.2 Å². The molecule has 0 aromatic heterocycles. The van der Waals surface area contributed by atoms with E-state index in [1.165, 1.54) is 0 Å². The van der Waals surface area contributed by atoms with Gasteiger partial charge in [-0.25, -0.2) is 0 Å². The predicted octanol–water partition coefficient (Wildman–Crippen LogP) is -0.801. The second-order valence-electron chi connectivity index (χ2n) is 6.20. The van der Waals surface area contributed by atoms with Crippen molar-refractivity contribution in [1.82, 2.24) is 0 Å². The molecule has 0 spiro atoms. The summed E-state index contributed by atoms with van der Waals surface area (Å²) in [4.78, 5) is 24.6. The van der Waals surface area contributed by atoms with Crippen molar-refractivity contribution >= 4 is 11.6 Å². The fourth-order valence-corrected chi connectivity index (χ4v) is 3.26. The molecule has 0 saturated carbocycles. The highest BCUT2D eigenvalue weighted by atomic mass is 16.5. The summed E-state index contributed by atoms with van der Waals surface area (Å²) in [5, 5.41) is 61.7. The van der Waals surface area contributed by atoms with Crippen LogP contribution in [0, 0.1) is 0 Å². The molecule has 9 nitrogen and oxygen atoms in total. The van der Waals surface area contributed by atoms with E-state index >= 15 is 0 Å². The molecule has 9 heteroatoms. The topological polar surface area (TPSA) is 165 Å². The maximum Gasteiger partial charge on any atom is 0.232 e. The van der Waals surface area contributed by atoms with Gasteiger partial charge in [0.15, 0.2) is 11.5 Å². The highest BCUT2D eigenvalue weighted by Crippen LogP contribution is 2.53. The van der Waals surface area contributed by atoms with Crippen molar-refractivity contribution in [3.63, 3.8) is 0 Å². The quantitative estimate of drug-likeness (QED) is 0.355. The number of benzene rings is 1. The van der Waals surface area contributed by atoms with Crippen LogP contribution in [0.3, 0.4) is 0 Å². The number of aliphatic hydroxyl groups excluding tert-OH is 3. The van der Waals surface area contributed by atoms with Crippen LogP contribution in [-0.4, -0.2) is 61.0 Å². The van der Waals surface area contributed by atoms with Crippen LogP contribution in [0.1, 0.15) is 51.0 Å². The predicted molar refractivity (Wildman–Crippen MR) is 80.1 cm³/mol. The molecule has 0 amide bonds. The van der Waals surface area contributed by atoms with Gasteiger partial charge in [-0.05, 0) is 6.92 Å². The number of phenols is 2. The van der Waals surface area contributed by atoms with Crippen molar-refractivity contribution in [3.05, 3.63) is 34.1 Å². The van der Waals surface area contributed by atoms with Gasteiger partial charge in [-0.2, -0.15) is 0 Å². The third-order valence-electron chi connectivity index (χ3n) is 4.72. The number of aromatic hydroxyl groups is 2. The summed E-state index contributed by atoms with van der Waals surface area (Å²) < 4.78 is 4.77. The standard InChI is InChI=1S/C16H16O9/c1-16(24)14(22)9-8(13(21)15(16)23)11(19)6-4(17)3-5(25-2)10(18)7(6)12(9)20/h3,13-15,19-24H,1-2H3/t13-,14+,15+,16-/m0/s1. The van der Waals surface area contributed by atoms with Crippen LogP contribution in [0.25, 0.3) is 0 Å². The van der Waals surface area contributed by atoms with Gasteiger partial charge in [0.25, 0.3) is 0 Å². The van der Waals surface area contributed by atoms with Crippen molar-refractivity contribution in [1.29, 1.82) is 0 Å². The molecule has 0 saturated heterocycles. The number of ether oxygens (including phenoxy) is 1. The molecule has 0 fully saturated rings. The van der Waals surface area contributed by atoms with Crippen LogP contribution in [-0.2, 0) is 4.74 Å². The Morgan fingerprint density at radius 3 is 2.16 bits per heavy atom. The minimum atomic E-state index is -2.29. The van der Waals surface area contributed by atoms with Gasteiger partial charge in [0.1, 0.15) is 35.4 Å². The van der Waals surface area contributed by atoms with Gasteiger partial charge in [-0.1, -0.05) is 0 Å². The van der Waals surface area contributed by atoms with Gasteiger partial charge in [-0.3, -0.25) is 9.59 Å². The maximum absolute atomic E-state index is 12.4. The van der Waals surface area contributed by atoms with E-state index in [0.717, 1.165) is 20.1 Å². The molecular weight excluding hydrogens is 336 g/mol. The van der Waals surface area contributed by atoms with Crippen molar-refractivity contribution in [3.8, 4) is 11.5 Å². The second-order valence-corrected chi connectivity index (χ2v) is 6.20. The van der Waals surface area contributed by atoms with E-state index in [1.54, 1.807) is 0 Å². The van der Waals surface area contributed by atoms with Crippen LogP contribution in [0.4, 0.5) is 0 Å². The maximum atomic E-state index is 12.4. The lowest BCUT2D eigenvalue weighted by atomic mass is 9.72. The number of rotatable bonds is 1. The van der Waals surface area contributed by atoms with Gasteiger partial charge < -0.3 is 35.4 Å². The monoisotopic (exact) mass is 352 g/mol. The zero-order chi connectivity index (χ0) is 18.8. The SMILES string of the molecule is COC1=CC(=O)c2c(O)c3c(c(O)c2C1=O)[C@@H](O)[C@](C)(O)[C@H](O)[C@H]3O. The third-order valence-corrected chi connectivity index (χ3v) is 4.72. The summed E-state index contributed by atoms with van der Waals surface area (Å²) in [5.74, 6) is -3.92. The highest BCUT2D eigenvalue weighted by molar-refractivity contribution is 6.26. The number of allylic oxidation sites excluding steroid dienone is 2. The number of carbonyl (C=O) groups excluding carboxylic acids is 2. The summed E-state index contributed by atoms with van der Waals surface area (Å²) >= 11 is 0. The average molecular weight is 352 g/mol. The summed E-state index contributed by atoms with van der Waals surface area (Å²) in [5.41, 5.74) is -4.55. The van der Waals surface area contributed by atoms with Crippen molar-refractivity contribution in [2.24, 2.45) is 0 Å². The second kappa shape index (κ2) is 5.27. The Morgan fingerprint density at radius 1 is 1.04 bits per heavy atom. The minimum absolute atomic E-state index is 0.384. The van der Waals surface area contributed by atoms with Gasteiger partial charge >= 0.3 is 0 Å². The number of aliphatic hydroxyl groups is 4. The van der Waals surface area contributed by atoms with Crippen molar-refractivity contribution in [2.75, 3.05) is 7.11 Å². The number of phenolic OH excluding ortho intramolecular Hbond substituents is 2. The van der Waals surface area contributed by atoms with Gasteiger partial charge in [0, 0.05) is 17.2 Å². The molecule has 0 unspecified atom stereocenters. The van der Waals surface area contributed by atoms with Crippen LogP contribution in [0.5, 0.6) is 11.5 Å². The number of methoxy groups -OCH3 is 1. The lowest BCUT2D eigenvalue weighted by molar-refractivity contribution is -0.182. The largest absolute Gasteiger partial charge is 0.507 e. The molecule has 2 aliphatic rings. The summed E-state index contributed by atoms with van der Waals surface area (Å²) in [6.07, 6.45) is -4.97. The molecule has 0 heterocycles. The first-order valence-corrected chi connectivity index (χ1v) is 7.28. The zero-order valence-corrected chi connectivity index (χ0v) is 13.2. The van der Waals surface area contributed by atoms with Gasteiger partial charge in [-0.15, -0.1) is 0 Å². The Hall–Kier alpha value is -2.46. The molecular formula is C16H16O9. The highest BCUT2D eigenvalue weighted by Gasteiger charge is 2.53. The first-order chi connectivity index (χ1) is 11.6. The number of ketones is 2. The fourth-order valence-electron chi connectivity index (χ4n) is 3.26. The van der Waals surface area contributed by atoms with E-state index in [2.05, 4.69) is 0 Å². The fraction of sp³-hybridized carbons (Fsp3) is 0.375. The Bertz CT molecular complexity index is 837. The minimum Gasteiger partial charge on any atom is -0.507 e. The van der Waals surface area contributed by atoms with E-state index < -0.39 is 69.2 Å². The van der Waals surface area contributed by atoms with Gasteiger partial charge in [0.2, 0.25) is 5.78 Å². The summed E-state index contributed by atoms with van der Waals surface area (Å²) in [7, 11) is 1.14. The summed E-state index contributed by atoms with van der Waals surface area (Å²) in [6, 6.07) is 0. The molecule has 6 N–H and O–H groups in total. The molecule has 3 rings (SSSR count). The number of hydrogen-bond acceptors (Lipinski definition) is 9. The number of carbonyl (C=O) groups is 2. The Labute approximate surface area is 141 Å². The Kier molecular flexibility index (Phi) is 3.66. The first kappa shape index (κ1) is 17.4. The van der Waals surface area contributed by atoms with E-state index in [0.29, 0.717) is 0 Å². The zero-order valence-electron chi connectivity index (χ0n) is 13.2. The van der Waals surface area contributed by atoms with Crippen molar-refractivity contribution in [2.45, 2.75) is 30.8 Å². The number of fused-ring (bicyclic) bond motifs is 2. The molecule has 0 aliphatic heterocycles. The molecule has 134 valence electrons. The first-order valence-electron chi connectivity index (χ1n) is 7.28. The van der Waals surface area contributed by atoms with Crippen LogP contribution >= 0.6 is 0 Å². The lowest BCUT2D eigenvalue weighted by Gasteiger charge is -2.43. The number of Topliss-reactive ketones (excluding diaryl/α,β-unsaturated/α-hetero) is 1. The Morgan fingerprint density at radius 2 is 1.60 bits per heavy atom. The Balaban J connectivity index is 2.41. The molecule has 1 aromatic rings. The van der Waals surface area contributed by atoms with E-state index in [4.69, 9.17) is 4.74 Å². The van der Waals surface area contributed by atoms with Crippen LogP contribution in [0.15, 0.2) is 11.8 Å².